The van der Waals surface area contributed by atoms with Crippen LogP contribution in [-0.4, -0.2) is 58.5 Å². The van der Waals surface area contributed by atoms with Crippen LogP contribution in [0.25, 0.3) is 12.2 Å². The molecular weight excluding hydrogens is 448 g/mol. The lowest BCUT2D eigenvalue weighted by Gasteiger charge is -2.21. The van der Waals surface area contributed by atoms with Crippen molar-refractivity contribution in [2.45, 2.75) is 18.6 Å². The number of carbonyl (C=O) groups is 4. The van der Waals surface area contributed by atoms with Crippen LogP contribution in [0.4, 0.5) is 0 Å². The number of carbonyl (C=O) groups excluding carboxylic acids is 2. The number of hydrogen-bond donors (Lipinski definition) is 3. The Morgan fingerprint density at radius 2 is 1.32 bits per heavy atom. The molecule has 0 aromatic heterocycles. The zero-order valence-electron chi connectivity index (χ0n) is 18.0. The van der Waals surface area contributed by atoms with E-state index in [-0.39, 0.29) is 5.75 Å². The quantitative estimate of drug-likeness (QED) is 0.329. The fourth-order valence-electron chi connectivity index (χ4n) is 2.65. The van der Waals surface area contributed by atoms with E-state index in [1.165, 1.54) is 43.5 Å². The van der Waals surface area contributed by atoms with Crippen molar-refractivity contribution in [3.63, 3.8) is 0 Å². The third kappa shape index (κ3) is 8.50. The van der Waals surface area contributed by atoms with Crippen molar-refractivity contribution < 1.29 is 48.7 Å². The van der Waals surface area contributed by atoms with Gasteiger partial charge >= 0.3 is 23.9 Å². The molecule has 0 spiro atoms. The van der Waals surface area contributed by atoms with E-state index in [2.05, 4.69) is 0 Å². The highest BCUT2D eigenvalue weighted by Gasteiger charge is 2.36. The van der Waals surface area contributed by atoms with E-state index < -0.39 is 42.5 Å². The van der Waals surface area contributed by atoms with Crippen LogP contribution in [-0.2, 0) is 28.7 Å². The fourth-order valence-corrected chi connectivity index (χ4v) is 2.65. The maximum absolute atomic E-state index is 12.2. The molecule has 3 N–H and O–H groups in total. The van der Waals surface area contributed by atoms with Gasteiger partial charge in [0.05, 0.1) is 13.5 Å². The Balaban J connectivity index is 2.09. The summed E-state index contributed by atoms with van der Waals surface area (Å²) in [4.78, 5) is 47.1. The van der Waals surface area contributed by atoms with Gasteiger partial charge in [0.25, 0.3) is 0 Å². The number of esters is 2. The molecular formula is C24H22O10. The lowest BCUT2D eigenvalue weighted by atomic mass is 10.1. The SMILES string of the molecule is COc1ccc(/C=C/C(=O)O[C@@H](CC(=O)O)[C@@H](OC(=O)/C=C/c2ccc(O)cc2)C(=O)O)cc1. The molecule has 34 heavy (non-hydrogen) atoms. The molecule has 2 atom stereocenters. The molecule has 178 valence electrons. The predicted molar refractivity (Wildman–Crippen MR) is 119 cm³/mol. The maximum Gasteiger partial charge on any atom is 0.349 e. The molecule has 0 saturated carbocycles. The minimum atomic E-state index is -2.06. The van der Waals surface area contributed by atoms with Gasteiger partial charge in [0, 0.05) is 12.2 Å². The first-order chi connectivity index (χ1) is 16.2. The first-order valence-electron chi connectivity index (χ1n) is 9.83. The highest BCUT2D eigenvalue weighted by Crippen LogP contribution is 2.15. The predicted octanol–water partition coefficient (Wildman–Crippen LogP) is 2.51. The zero-order valence-corrected chi connectivity index (χ0v) is 18.0. The summed E-state index contributed by atoms with van der Waals surface area (Å²) < 4.78 is 14.9. The molecule has 0 saturated heterocycles. The molecule has 0 amide bonds. The highest BCUT2D eigenvalue weighted by atomic mass is 16.6. The Kier molecular flexibility index (Phi) is 9.39. The number of aliphatic carboxylic acids is 2. The van der Waals surface area contributed by atoms with Crippen molar-refractivity contribution in [3.8, 4) is 11.5 Å². The monoisotopic (exact) mass is 470 g/mol. The maximum atomic E-state index is 12.2. The van der Waals surface area contributed by atoms with E-state index in [1.54, 1.807) is 24.3 Å². The Labute approximate surface area is 194 Å². The third-order valence-electron chi connectivity index (χ3n) is 4.30. The normalized spacial score (nSPS) is 12.7. The Bertz CT molecular complexity index is 1070. The number of methoxy groups -OCH3 is 1. The van der Waals surface area contributed by atoms with Gasteiger partial charge < -0.3 is 29.5 Å². The number of benzene rings is 2. The summed E-state index contributed by atoms with van der Waals surface area (Å²) in [5.41, 5.74) is 1.12. The lowest BCUT2D eigenvalue weighted by molar-refractivity contribution is -0.177. The van der Waals surface area contributed by atoms with Crippen LogP contribution in [0.1, 0.15) is 17.5 Å². The van der Waals surface area contributed by atoms with Crippen molar-refractivity contribution in [3.05, 3.63) is 71.8 Å². The van der Waals surface area contributed by atoms with Crippen LogP contribution < -0.4 is 4.74 Å². The van der Waals surface area contributed by atoms with Gasteiger partial charge in [-0.25, -0.2) is 14.4 Å². The van der Waals surface area contributed by atoms with Gasteiger partial charge in [0.2, 0.25) is 6.10 Å². The molecule has 10 nitrogen and oxygen atoms in total. The molecule has 0 fully saturated rings. The zero-order chi connectivity index (χ0) is 25.1. The lowest BCUT2D eigenvalue weighted by Crippen LogP contribution is -2.42. The molecule has 0 aliphatic heterocycles. The summed E-state index contributed by atoms with van der Waals surface area (Å²) in [5.74, 6) is -4.65. The number of aromatic hydroxyl groups is 1. The summed E-state index contributed by atoms with van der Waals surface area (Å²) in [5, 5.41) is 27.8. The molecule has 2 rings (SSSR count). The molecule has 10 heteroatoms. The second-order valence-electron chi connectivity index (χ2n) is 6.80. The number of phenols is 1. The van der Waals surface area contributed by atoms with Crippen LogP contribution >= 0.6 is 0 Å². The van der Waals surface area contributed by atoms with Gasteiger partial charge in [-0.1, -0.05) is 24.3 Å². The smallest absolute Gasteiger partial charge is 0.349 e. The van der Waals surface area contributed by atoms with Gasteiger partial charge in [-0.05, 0) is 47.5 Å². The van der Waals surface area contributed by atoms with E-state index >= 15 is 0 Å². The number of ether oxygens (including phenoxy) is 3. The second-order valence-corrected chi connectivity index (χ2v) is 6.80. The van der Waals surface area contributed by atoms with E-state index in [0.717, 1.165) is 12.2 Å². The van der Waals surface area contributed by atoms with Gasteiger partial charge in [0.1, 0.15) is 11.5 Å². The van der Waals surface area contributed by atoms with Gasteiger partial charge in [-0.3, -0.25) is 4.79 Å². The molecule has 0 aliphatic rings. The van der Waals surface area contributed by atoms with Crippen LogP contribution in [0.2, 0.25) is 0 Å². The summed E-state index contributed by atoms with van der Waals surface area (Å²) in [6, 6.07) is 12.4. The first-order valence-corrected chi connectivity index (χ1v) is 9.83. The molecule has 2 aromatic carbocycles. The average molecular weight is 470 g/mol. The Morgan fingerprint density at radius 1 is 0.824 bits per heavy atom. The number of carboxylic acid groups (broad SMARTS) is 2. The third-order valence-corrected chi connectivity index (χ3v) is 4.30. The minimum absolute atomic E-state index is 0.0186. The van der Waals surface area contributed by atoms with E-state index in [9.17, 15) is 29.4 Å². The Hall–Kier alpha value is -4.60. The van der Waals surface area contributed by atoms with Crippen molar-refractivity contribution in [1.82, 2.24) is 0 Å². The number of carboxylic acids is 2. The van der Waals surface area contributed by atoms with Crippen molar-refractivity contribution in [1.29, 1.82) is 0 Å². The first kappa shape index (κ1) is 25.7. The number of phenolic OH excluding ortho intramolecular Hbond substituents is 1. The second kappa shape index (κ2) is 12.4. The largest absolute Gasteiger partial charge is 0.508 e. The summed E-state index contributed by atoms with van der Waals surface area (Å²) in [7, 11) is 1.50. The van der Waals surface area contributed by atoms with Crippen LogP contribution in [0.3, 0.4) is 0 Å². The summed E-state index contributed by atoms with van der Waals surface area (Å²) in [6.45, 7) is 0. The van der Waals surface area contributed by atoms with Gasteiger partial charge in [-0.15, -0.1) is 0 Å². The topological polar surface area (TPSA) is 157 Å². The van der Waals surface area contributed by atoms with Crippen LogP contribution in [0, 0.1) is 0 Å². The molecule has 0 bridgehead atoms. The number of rotatable bonds is 11. The van der Waals surface area contributed by atoms with Crippen LogP contribution in [0.5, 0.6) is 11.5 Å². The average Bonchev–Trinajstić information content (AvgIpc) is 2.80. The van der Waals surface area contributed by atoms with Gasteiger partial charge in [0.15, 0.2) is 6.10 Å². The molecule has 0 unspecified atom stereocenters. The van der Waals surface area contributed by atoms with Gasteiger partial charge in [-0.2, -0.15) is 0 Å². The van der Waals surface area contributed by atoms with Crippen molar-refractivity contribution >= 4 is 36.0 Å². The van der Waals surface area contributed by atoms with Crippen molar-refractivity contribution in [2.24, 2.45) is 0 Å². The number of hydrogen-bond acceptors (Lipinski definition) is 8. The molecule has 0 aliphatic carbocycles. The molecule has 2 aromatic rings. The summed E-state index contributed by atoms with van der Waals surface area (Å²) in [6.07, 6.45) is -0.166. The molecule has 0 heterocycles. The standard InChI is InChI=1S/C24H22O10/c1-32-18-10-4-16(5-11-18)6-12-21(28)33-19(14-20(26)27)23(24(30)31)34-22(29)13-7-15-2-8-17(25)9-3-15/h2-13,19,23,25H,14H2,1H3,(H,26,27)(H,30,31)/b12-6+,13-7+/t19-,23+/m0/s1. The highest BCUT2D eigenvalue weighted by molar-refractivity contribution is 5.90. The fraction of sp³-hybridized carbons (Fsp3) is 0.167. The van der Waals surface area contributed by atoms with E-state index in [0.29, 0.717) is 16.9 Å². The summed E-state index contributed by atoms with van der Waals surface area (Å²) >= 11 is 0. The van der Waals surface area contributed by atoms with E-state index in [1.807, 2.05) is 0 Å². The Morgan fingerprint density at radius 3 is 1.79 bits per heavy atom. The minimum Gasteiger partial charge on any atom is -0.508 e. The van der Waals surface area contributed by atoms with Crippen molar-refractivity contribution in [2.75, 3.05) is 7.11 Å². The van der Waals surface area contributed by atoms with Crippen LogP contribution in [0.15, 0.2) is 60.7 Å². The molecule has 0 radical (unpaired) electrons. The van der Waals surface area contributed by atoms with E-state index in [4.69, 9.17) is 19.3 Å².